The SMILES string of the molecule is O=C(NCCc1ccc(F)cc1)C1(C(=O)NCc2ccccn2)CC1. The van der Waals surface area contributed by atoms with Crippen LogP contribution in [0.25, 0.3) is 0 Å². The van der Waals surface area contributed by atoms with Crippen molar-refractivity contribution < 1.29 is 14.0 Å². The molecule has 1 aromatic carbocycles. The van der Waals surface area contributed by atoms with Crippen LogP contribution in [0.1, 0.15) is 24.1 Å². The van der Waals surface area contributed by atoms with Crippen molar-refractivity contribution in [1.82, 2.24) is 15.6 Å². The summed E-state index contributed by atoms with van der Waals surface area (Å²) in [6, 6.07) is 11.6. The van der Waals surface area contributed by atoms with E-state index >= 15 is 0 Å². The van der Waals surface area contributed by atoms with E-state index in [2.05, 4.69) is 15.6 Å². The summed E-state index contributed by atoms with van der Waals surface area (Å²) < 4.78 is 12.9. The predicted octanol–water partition coefficient (Wildman–Crippen LogP) is 1.98. The molecule has 2 N–H and O–H groups in total. The maximum Gasteiger partial charge on any atom is 0.236 e. The Balaban J connectivity index is 1.47. The molecule has 6 heteroatoms. The van der Waals surface area contributed by atoms with E-state index in [0.29, 0.717) is 32.4 Å². The number of pyridine rings is 1. The highest BCUT2D eigenvalue weighted by molar-refractivity contribution is 6.07. The van der Waals surface area contributed by atoms with Crippen LogP contribution in [0.5, 0.6) is 0 Å². The van der Waals surface area contributed by atoms with Gasteiger partial charge >= 0.3 is 0 Å². The fraction of sp³-hybridized carbons (Fsp3) is 0.316. The van der Waals surface area contributed by atoms with Crippen LogP contribution in [0, 0.1) is 11.2 Å². The van der Waals surface area contributed by atoms with Crippen molar-refractivity contribution in [3.05, 3.63) is 65.7 Å². The molecule has 0 bridgehead atoms. The molecule has 25 heavy (non-hydrogen) atoms. The zero-order valence-corrected chi connectivity index (χ0v) is 13.8. The number of benzene rings is 1. The first-order valence-corrected chi connectivity index (χ1v) is 8.31. The van der Waals surface area contributed by atoms with Crippen molar-refractivity contribution in [2.75, 3.05) is 6.54 Å². The third-order valence-corrected chi connectivity index (χ3v) is 4.39. The van der Waals surface area contributed by atoms with Crippen LogP contribution in [0.3, 0.4) is 0 Å². The molecule has 1 aliphatic carbocycles. The molecule has 0 radical (unpaired) electrons. The maximum atomic E-state index is 12.9. The highest BCUT2D eigenvalue weighted by atomic mass is 19.1. The summed E-state index contributed by atoms with van der Waals surface area (Å²) >= 11 is 0. The van der Waals surface area contributed by atoms with Gasteiger partial charge in [0.05, 0.1) is 12.2 Å². The molecule has 0 atom stereocenters. The number of nitrogens with one attached hydrogen (secondary N) is 2. The van der Waals surface area contributed by atoms with Gasteiger partial charge in [0.1, 0.15) is 11.2 Å². The minimum absolute atomic E-state index is 0.242. The Labute approximate surface area is 145 Å². The minimum atomic E-state index is -0.947. The number of hydrogen-bond donors (Lipinski definition) is 2. The summed E-state index contributed by atoms with van der Waals surface area (Å²) in [7, 11) is 0. The number of halogens is 1. The quantitative estimate of drug-likeness (QED) is 0.757. The van der Waals surface area contributed by atoms with Crippen LogP contribution < -0.4 is 10.6 Å². The van der Waals surface area contributed by atoms with E-state index < -0.39 is 5.41 Å². The van der Waals surface area contributed by atoms with E-state index in [0.717, 1.165) is 11.3 Å². The van der Waals surface area contributed by atoms with Crippen LogP contribution in [-0.2, 0) is 22.6 Å². The molecule has 5 nitrogen and oxygen atoms in total. The van der Waals surface area contributed by atoms with Gasteiger partial charge in [-0.25, -0.2) is 4.39 Å². The molecule has 2 amide bonds. The Morgan fingerprint density at radius 3 is 2.40 bits per heavy atom. The van der Waals surface area contributed by atoms with E-state index in [4.69, 9.17) is 0 Å². The number of rotatable bonds is 7. The van der Waals surface area contributed by atoms with Crippen molar-refractivity contribution >= 4 is 11.8 Å². The van der Waals surface area contributed by atoms with E-state index in [9.17, 15) is 14.0 Å². The largest absolute Gasteiger partial charge is 0.355 e. The second kappa shape index (κ2) is 7.42. The Hall–Kier alpha value is -2.76. The highest BCUT2D eigenvalue weighted by Crippen LogP contribution is 2.46. The minimum Gasteiger partial charge on any atom is -0.355 e. The summed E-state index contributed by atoms with van der Waals surface area (Å²) in [6.45, 7) is 0.726. The van der Waals surface area contributed by atoms with Gasteiger partial charge in [-0.3, -0.25) is 14.6 Å². The van der Waals surface area contributed by atoms with Crippen LogP contribution in [0.4, 0.5) is 4.39 Å². The van der Waals surface area contributed by atoms with Crippen molar-refractivity contribution in [1.29, 1.82) is 0 Å². The smallest absolute Gasteiger partial charge is 0.236 e. The van der Waals surface area contributed by atoms with Gasteiger partial charge in [0.2, 0.25) is 11.8 Å². The van der Waals surface area contributed by atoms with E-state index in [1.807, 2.05) is 18.2 Å². The van der Waals surface area contributed by atoms with Gasteiger partial charge in [-0.2, -0.15) is 0 Å². The Kier molecular flexibility index (Phi) is 5.07. The lowest BCUT2D eigenvalue weighted by Crippen LogP contribution is -2.43. The van der Waals surface area contributed by atoms with Gasteiger partial charge in [-0.15, -0.1) is 0 Å². The van der Waals surface area contributed by atoms with Gasteiger partial charge in [0.15, 0.2) is 0 Å². The van der Waals surface area contributed by atoms with Gasteiger partial charge in [0, 0.05) is 12.7 Å². The zero-order chi connectivity index (χ0) is 17.7. The third kappa shape index (κ3) is 4.21. The predicted molar refractivity (Wildman–Crippen MR) is 90.9 cm³/mol. The van der Waals surface area contributed by atoms with Crippen molar-refractivity contribution in [2.45, 2.75) is 25.8 Å². The lowest BCUT2D eigenvalue weighted by molar-refractivity contribution is -0.137. The van der Waals surface area contributed by atoms with E-state index in [1.165, 1.54) is 12.1 Å². The van der Waals surface area contributed by atoms with Gasteiger partial charge < -0.3 is 10.6 Å². The van der Waals surface area contributed by atoms with E-state index in [1.54, 1.807) is 18.3 Å². The number of carbonyl (C=O) groups excluding carboxylic acids is 2. The van der Waals surface area contributed by atoms with Crippen molar-refractivity contribution in [2.24, 2.45) is 5.41 Å². The molecule has 0 spiro atoms. The molecule has 0 saturated heterocycles. The molecule has 1 heterocycles. The van der Waals surface area contributed by atoms with Gasteiger partial charge in [0.25, 0.3) is 0 Å². The number of carbonyl (C=O) groups is 2. The second-order valence-electron chi connectivity index (χ2n) is 6.22. The Morgan fingerprint density at radius 2 is 1.76 bits per heavy atom. The first kappa shape index (κ1) is 17.1. The highest BCUT2D eigenvalue weighted by Gasteiger charge is 2.56. The lowest BCUT2D eigenvalue weighted by atomic mass is 10.0. The summed E-state index contributed by atoms with van der Waals surface area (Å²) in [6.07, 6.45) is 3.38. The fourth-order valence-electron chi connectivity index (χ4n) is 2.67. The average molecular weight is 341 g/mol. The molecule has 130 valence electrons. The summed E-state index contributed by atoms with van der Waals surface area (Å²) in [4.78, 5) is 28.9. The first-order valence-electron chi connectivity index (χ1n) is 8.31. The Bertz CT molecular complexity index is 743. The van der Waals surface area contributed by atoms with Crippen LogP contribution >= 0.6 is 0 Å². The number of amides is 2. The van der Waals surface area contributed by atoms with Gasteiger partial charge in [-0.1, -0.05) is 18.2 Å². The molecule has 0 aliphatic heterocycles. The fourth-order valence-corrected chi connectivity index (χ4v) is 2.67. The first-order chi connectivity index (χ1) is 12.1. The molecular weight excluding hydrogens is 321 g/mol. The summed E-state index contributed by atoms with van der Waals surface area (Å²) in [5, 5.41) is 5.61. The molecule has 1 saturated carbocycles. The van der Waals surface area contributed by atoms with Gasteiger partial charge in [-0.05, 0) is 49.1 Å². The molecule has 1 aromatic heterocycles. The van der Waals surface area contributed by atoms with Crippen LogP contribution in [-0.4, -0.2) is 23.3 Å². The standard InChI is InChI=1S/C19H20FN3O2/c20-15-6-4-14(5-7-15)8-12-22-17(24)19(9-10-19)18(25)23-13-16-3-1-2-11-21-16/h1-7,11H,8-10,12-13H2,(H,22,24)(H,23,25). The molecule has 2 aromatic rings. The summed E-state index contributed by atoms with van der Waals surface area (Å²) in [5.41, 5.74) is 0.743. The molecule has 0 unspecified atom stereocenters. The average Bonchev–Trinajstić information content (AvgIpc) is 3.44. The molecular formula is C19H20FN3O2. The number of aromatic nitrogens is 1. The topological polar surface area (TPSA) is 71.1 Å². The zero-order valence-electron chi connectivity index (χ0n) is 13.8. The summed E-state index contributed by atoms with van der Waals surface area (Å²) in [5.74, 6) is -0.778. The lowest BCUT2D eigenvalue weighted by Gasteiger charge is -2.15. The van der Waals surface area contributed by atoms with Crippen molar-refractivity contribution in [3.63, 3.8) is 0 Å². The normalized spacial score (nSPS) is 14.6. The van der Waals surface area contributed by atoms with E-state index in [-0.39, 0.29) is 17.6 Å². The van der Waals surface area contributed by atoms with Crippen LogP contribution in [0.2, 0.25) is 0 Å². The third-order valence-electron chi connectivity index (χ3n) is 4.39. The number of nitrogens with zero attached hydrogens (tertiary/aromatic N) is 1. The maximum absolute atomic E-state index is 12.9. The van der Waals surface area contributed by atoms with Crippen molar-refractivity contribution in [3.8, 4) is 0 Å². The molecule has 1 aliphatic rings. The molecule has 1 fully saturated rings. The Morgan fingerprint density at radius 1 is 1.04 bits per heavy atom. The monoisotopic (exact) mass is 341 g/mol. The number of hydrogen-bond acceptors (Lipinski definition) is 3. The molecule has 3 rings (SSSR count). The second-order valence-corrected chi connectivity index (χ2v) is 6.22. The van der Waals surface area contributed by atoms with Crippen LogP contribution in [0.15, 0.2) is 48.7 Å².